The van der Waals surface area contributed by atoms with Gasteiger partial charge in [0.1, 0.15) is 5.82 Å². The zero-order valence-corrected chi connectivity index (χ0v) is 11.3. The maximum Gasteiger partial charge on any atom is 0.140 e. The maximum atomic E-state index is 5.85. The summed E-state index contributed by atoms with van der Waals surface area (Å²) in [5.41, 5.74) is 7.66. The molecule has 2 aromatic rings. The molecule has 88 valence electrons. The molecule has 0 unspecified atom stereocenters. The number of aromatic nitrogens is 1. The molecule has 0 aliphatic heterocycles. The van der Waals surface area contributed by atoms with Crippen molar-refractivity contribution >= 4 is 39.0 Å². The lowest BCUT2D eigenvalue weighted by atomic mass is 10.2. The Balaban J connectivity index is 2.10. The summed E-state index contributed by atoms with van der Waals surface area (Å²) in [6, 6.07) is 9.52. The van der Waals surface area contributed by atoms with Crippen LogP contribution in [-0.2, 0) is 6.54 Å². The second-order valence-electron chi connectivity index (χ2n) is 3.54. The Morgan fingerprint density at radius 2 is 2.12 bits per heavy atom. The van der Waals surface area contributed by atoms with Crippen LogP contribution in [0.3, 0.4) is 0 Å². The number of halogens is 2. The highest BCUT2D eigenvalue weighted by molar-refractivity contribution is 9.10. The van der Waals surface area contributed by atoms with Crippen LogP contribution in [0, 0.1) is 0 Å². The number of pyridine rings is 1. The fourth-order valence-corrected chi connectivity index (χ4v) is 2.20. The molecule has 0 saturated heterocycles. The average Bonchev–Trinajstić information content (AvgIpc) is 2.30. The number of anilines is 2. The largest absolute Gasteiger partial charge is 0.398 e. The molecule has 0 radical (unpaired) electrons. The van der Waals surface area contributed by atoms with Gasteiger partial charge in [0.15, 0.2) is 0 Å². The SMILES string of the molecule is Nc1ccccc1CNc1ncc(Cl)cc1Br. The van der Waals surface area contributed by atoms with Gasteiger partial charge in [-0.1, -0.05) is 29.8 Å². The first-order valence-electron chi connectivity index (χ1n) is 5.05. The van der Waals surface area contributed by atoms with Crippen LogP contribution in [0.5, 0.6) is 0 Å². The molecule has 0 atom stereocenters. The molecule has 0 fully saturated rings. The maximum absolute atomic E-state index is 5.85. The zero-order chi connectivity index (χ0) is 12.3. The van der Waals surface area contributed by atoms with Gasteiger partial charge in [-0.3, -0.25) is 0 Å². The fourth-order valence-electron chi connectivity index (χ4n) is 1.42. The fraction of sp³-hybridized carbons (Fsp3) is 0.0833. The lowest BCUT2D eigenvalue weighted by Crippen LogP contribution is -2.04. The predicted octanol–water partition coefficient (Wildman–Crippen LogP) is 3.69. The van der Waals surface area contributed by atoms with Gasteiger partial charge in [-0.25, -0.2) is 4.98 Å². The van der Waals surface area contributed by atoms with Crippen LogP contribution in [0.4, 0.5) is 11.5 Å². The van der Waals surface area contributed by atoms with E-state index in [9.17, 15) is 0 Å². The monoisotopic (exact) mass is 311 g/mol. The van der Waals surface area contributed by atoms with Crippen LogP contribution in [-0.4, -0.2) is 4.98 Å². The summed E-state index contributed by atoms with van der Waals surface area (Å²) in [6.45, 7) is 0.625. The van der Waals surface area contributed by atoms with Crippen molar-refractivity contribution in [2.75, 3.05) is 11.1 Å². The van der Waals surface area contributed by atoms with Gasteiger partial charge in [0.05, 0.1) is 9.50 Å². The Morgan fingerprint density at radius 3 is 2.82 bits per heavy atom. The highest BCUT2D eigenvalue weighted by Gasteiger charge is 2.03. The average molecular weight is 313 g/mol. The van der Waals surface area contributed by atoms with E-state index in [4.69, 9.17) is 17.3 Å². The number of rotatable bonds is 3. The Morgan fingerprint density at radius 1 is 1.35 bits per heavy atom. The Labute approximate surface area is 113 Å². The number of benzene rings is 1. The Hall–Kier alpha value is -1.26. The second-order valence-corrected chi connectivity index (χ2v) is 4.83. The molecule has 1 heterocycles. The third-order valence-corrected chi connectivity index (χ3v) is 3.12. The van der Waals surface area contributed by atoms with Crippen molar-refractivity contribution in [3.05, 3.63) is 51.6 Å². The van der Waals surface area contributed by atoms with Crippen LogP contribution in [0.1, 0.15) is 5.56 Å². The summed E-state index contributed by atoms with van der Waals surface area (Å²) in [4.78, 5) is 4.19. The summed E-state index contributed by atoms with van der Waals surface area (Å²) in [5, 5.41) is 3.80. The van der Waals surface area contributed by atoms with E-state index < -0.39 is 0 Å². The van der Waals surface area contributed by atoms with Crippen LogP contribution < -0.4 is 11.1 Å². The number of hydrogen-bond acceptors (Lipinski definition) is 3. The van der Waals surface area contributed by atoms with Gasteiger partial charge >= 0.3 is 0 Å². The van der Waals surface area contributed by atoms with E-state index in [1.807, 2.05) is 24.3 Å². The van der Waals surface area contributed by atoms with Gasteiger partial charge < -0.3 is 11.1 Å². The molecule has 0 aliphatic carbocycles. The predicted molar refractivity (Wildman–Crippen MR) is 75.1 cm³/mol. The first kappa shape index (κ1) is 12.2. The molecule has 0 spiro atoms. The molecule has 3 N–H and O–H groups in total. The summed E-state index contributed by atoms with van der Waals surface area (Å²) in [7, 11) is 0. The number of nitrogens with one attached hydrogen (secondary N) is 1. The van der Waals surface area contributed by atoms with E-state index in [1.54, 1.807) is 12.3 Å². The van der Waals surface area contributed by atoms with Crippen molar-refractivity contribution < 1.29 is 0 Å². The smallest absolute Gasteiger partial charge is 0.140 e. The quantitative estimate of drug-likeness (QED) is 0.850. The van der Waals surface area contributed by atoms with E-state index in [1.165, 1.54) is 0 Å². The summed E-state index contributed by atoms with van der Waals surface area (Å²) in [6.07, 6.45) is 1.60. The van der Waals surface area contributed by atoms with E-state index >= 15 is 0 Å². The summed E-state index contributed by atoms with van der Waals surface area (Å²) < 4.78 is 0.833. The topological polar surface area (TPSA) is 50.9 Å². The third-order valence-electron chi connectivity index (χ3n) is 2.31. The second kappa shape index (κ2) is 5.38. The zero-order valence-electron chi connectivity index (χ0n) is 8.95. The number of nitrogens with zero attached hydrogens (tertiary/aromatic N) is 1. The third kappa shape index (κ3) is 3.11. The Kier molecular flexibility index (Phi) is 3.86. The van der Waals surface area contributed by atoms with Gasteiger partial charge in [0, 0.05) is 18.4 Å². The molecule has 1 aromatic carbocycles. The van der Waals surface area contributed by atoms with E-state index in [2.05, 4.69) is 26.2 Å². The van der Waals surface area contributed by atoms with Crippen LogP contribution in [0.15, 0.2) is 41.0 Å². The molecule has 1 aromatic heterocycles. The van der Waals surface area contributed by atoms with Gasteiger partial charge in [-0.15, -0.1) is 0 Å². The van der Waals surface area contributed by atoms with Crippen molar-refractivity contribution in [1.82, 2.24) is 4.98 Å². The minimum atomic E-state index is 0.599. The van der Waals surface area contributed by atoms with Crippen molar-refractivity contribution in [3.8, 4) is 0 Å². The number of nitrogen functional groups attached to an aromatic ring is 1. The molecule has 17 heavy (non-hydrogen) atoms. The van der Waals surface area contributed by atoms with Gasteiger partial charge in [0.2, 0.25) is 0 Å². The number of para-hydroxylation sites is 1. The number of hydrogen-bond donors (Lipinski definition) is 2. The molecular formula is C12H11BrClN3. The van der Waals surface area contributed by atoms with Crippen LogP contribution in [0.25, 0.3) is 0 Å². The summed E-state index contributed by atoms with van der Waals surface area (Å²) >= 11 is 9.22. The van der Waals surface area contributed by atoms with Gasteiger partial charge in [-0.05, 0) is 33.6 Å². The molecule has 0 aliphatic rings. The normalized spacial score (nSPS) is 10.2. The molecule has 0 saturated carbocycles. The molecule has 0 amide bonds. The number of nitrogens with two attached hydrogens (primary N) is 1. The van der Waals surface area contributed by atoms with Crippen LogP contribution in [0.2, 0.25) is 5.02 Å². The highest BCUT2D eigenvalue weighted by Crippen LogP contribution is 2.24. The van der Waals surface area contributed by atoms with Crippen molar-refractivity contribution in [3.63, 3.8) is 0 Å². The van der Waals surface area contributed by atoms with Crippen molar-refractivity contribution in [1.29, 1.82) is 0 Å². The van der Waals surface area contributed by atoms with E-state index in [0.717, 1.165) is 21.5 Å². The molecular weight excluding hydrogens is 302 g/mol. The van der Waals surface area contributed by atoms with Gasteiger partial charge in [0.25, 0.3) is 0 Å². The molecule has 0 bridgehead atoms. The standard InChI is InChI=1S/C12H11BrClN3/c13-10-5-9(14)7-17-12(10)16-6-8-3-1-2-4-11(8)15/h1-5,7H,6,15H2,(H,16,17). The highest BCUT2D eigenvalue weighted by atomic mass is 79.9. The Bertz CT molecular complexity index is 531. The summed E-state index contributed by atoms with van der Waals surface area (Å²) in [5.74, 6) is 0.748. The van der Waals surface area contributed by atoms with E-state index in [-0.39, 0.29) is 0 Å². The van der Waals surface area contributed by atoms with E-state index in [0.29, 0.717) is 11.6 Å². The van der Waals surface area contributed by atoms with Crippen molar-refractivity contribution in [2.45, 2.75) is 6.54 Å². The first-order chi connectivity index (χ1) is 8.16. The lowest BCUT2D eigenvalue weighted by molar-refractivity contribution is 1.11. The van der Waals surface area contributed by atoms with Crippen LogP contribution >= 0.6 is 27.5 Å². The minimum absolute atomic E-state index is 0.599. The molecule has 5 heteroatoms. The lowest BCUT2D eigenvalue weighted by Gasteiger charge is -2.09. The molecule has 3 nitrogen and oxygen atoms in total. The molecule has 2 rings (SSSR count). The first-order valence-corrected chi connectivity index (χ1v) is 6.22. The van der Waals surface area contributed by atoms with Crippen molar-refractivity contribution in [2.24, 2.45) is 0 Å². The minimum Gasteiger partial charge on any atom is -0.398 e. The van der Waals surface area contributed by atoms with Gasteiger partial charge in [-0.2, -0.15) is 0 Å².